The van der Waals surface area contributed by atoms with E-state index in [1.54, 1.807) is 30.4 Å². The molecule has 0 fully saturated rings. The molecule has 0 spiro atoms. The first kappa shape index (κ1) is 16.1. The Labute approximate surface area is 149 Å². The fourth-order valence-electron chi connectivity index (χ4n) is 2.91. The molecule has 0 saturated heterocycles. The van der Waals surface area contributed by atoms with E-state index >= 15 is 0 Å². The van der Waals surface area contributed by atoms with Gasteiger partial charge >= 0.3 is 0 Å². The molecule has 0 bridgehead atoms. The van der Waals surface area contributed by atoms with E-state index in [2.05, 4.69) is 26.1 Å². The summed E-state index contributed by atoms with van der Waals surface area (Å²) in [5.41, 5.74) is 3.61. The highest BCUT2D eigenvalue weighted by Crippen LogP contribution is 2.35. The summed E-state index contributed by atoms with van der Waals surface area (Å²) in [7, 11) is 3.47. The molecule has 4 rings (SSSR count). The van der Waals surface area contributed by atoms with Crippen molar-refractivity contribution >= 4 is 21.9 Å². The van der Waals surface area contributed by atoms with Crippen molar-refractivity contribution in [3.63, 3.8) is 0 Å². The van der Waals surface area contributed by atoms with Crippen molar-refractivity contribution < 1.29 is 9.47 Å². The van der Waals surface area contributed by atoms with Gasteiger partial charge in [0, 0.05) is 43.1 Å². The topological polar surface area (TPSA) is 102 Å². The van der Waals surface area contributed by atoms with Crippen molar-refractivity contribution in [2.24, 2.45) is 7.05 Å². The summed E-state index contributed by atoms with van der Waals surface area (Å²) in [5, 5.41) is 15.3. The van der Waals surface area contributed by atoms with Gasteiger partial charge in [0.05, 0.1) is 29.9 Å². The minimum atomic E-state index is 0.237. The maximum absolute atomic E-state index is 9.42. The van der Waals surface area contributed by atoms with Crippen molar-refractivity contribution in [3.05, 3.63) is 36.5 Å². The van der Waals surface area contributed by atoms with E-state index < -0.39 is 0 Å². The van der Waals surface area contributed by atoms with Gasteiger partial charge in [0.15, 0.2) is 11.4 Å². The average molecular weight is 348 g/mol. The molecule has 0 aromatic carbocycles. The Kier molecular flexibility index (Phi) is 3.99. The Bertz CT molecular complexity index is 1140. The SMILES string of the molecule is COCCOc1c(C#N)ncc2[nH]c3ncc(-c4cnn(C)c4)cc3c12. The molecule has 0 aliphatic carbocycles. The number of H-pyrrole nitrogens is 1. The number of fused-ring (bicyclic) bond motifs is 3. The van der Waals surface area contributed by atoms with Gasteiger partial charge in [-0.25, -0.2) is 9.97 Å². The monoisotopic (exact) mass is 348 g/mol. The maximum atomic E-state index is 9.42. The van der Waals surface area contributed by atoms with Crippen LogP contribution in [0.25, 0.3) is 33.1 Å². The predicted molar refractivity (Wildman–Crippen MR) is 95.7 cm³/mol. The third-order valence-electron chi connectivity index (χ3n) is 4.12. The number of nitrogens with one attached hydrogen (secondary N) is 1. The minimum Gasteiger partial charge on any atom is -0.487 e. The zero-order valence-corrected chi connectivity index (χ0v) is 14.4. The number of hydrogen-bond donors (Lipinski definition) is 1. The van der Waals surface area contributed by atoms with Crippen LogP contribution in [0.15, 0.2) is 30.9 Å². The largest absolute Gasteiger partial charge is 0.487 e. The zero-order valence-electron chi connectivity index (χ0n) is 14.4. The first-order chi connectivity index (χ1) is 12.7. The summed E-state index contributed by atoms with van der Waals surface area (Å²) in [6.07, 6.45) is 7.13. The molecule has 0 radical (unpaired) electrons. The number of methoxy groups -OCH3 is 1. The van der Waals surface area contributed by atoms with Crippen LogP contribution in [0.3, 0.4) is 0 Å². The highest BCUT2D eigenvalue weighted by Gasteiger charge is 2.17. The Morgan fingerprint density at radius 1 is 1.19 bits per heavy atom. The number of ether oxygens (including phenoxy) is 2. The van der Waals surface area contributed by atoms with Crippen LogP contribution in [0.2, 0.25) is 0 Å². The summed E-state index contributed by atoms with van der Waals surface area (Å²) >= 11 is 0. The molecule has 0 saturated carbocycles. The van der Waals surface area contributed by atoms with Crippen LogP contribution < -0.4 is 4.74 Å². The Hall–Kier alpha value is -3.44. The third kappa shape index (κ3) is 2.64. The molecule has 130 valence electrons. The Morgan fingerprint density at radius 2 is 2.08 bits per heavy atom. The van der Waals surface area contributed by atoms with Gasteiger partial charge in [-0.3, -0.25) is 4.68 Å². The molecule has 0 amide bonds. The molecule has 4 aromatic rings. The van der Waals surface area contributed by atoms with Crippen LogP contribution in [-0.4, -0.2) is 45.1 Å². The van der Waals surface area contributed by atoms with Gasteiger partial charge in [0.1, 0.15) is 18.3 Å². The van der Waals surface area contributed by atoms with Gasteiger partial charge in [-0.2, -0.15) is 10.4 Å². The van der Waals surface area contributed by atoms with Crippen LogP contribution in [-0.2, 0) is 11.8 Å². The Balaban J connectivity index is 1.93. The molecule has 0 unspecified atom stereocenters. The van der Waals surface area contributed by atoms with E-state index in [0.29, 0.717) is 24.6 Å². The van der Waals surface area contributed by atoms with Crippen LogP contribution >= 0.6 is 0 Å². The second kappa shape index (κ2) is 6.46. The molecule has 4 aromatic heterocycles. The van der Waals surface area contributed by atoms with Gasteiger partial charge in [-0.15, -0.1) is 0 Å². The van der Waals surface area contributed by atoms with Crippen LogP contribution in [0.1, 0.15) is 5.69 Å². The number of nitriles is 1. The first-order valence-electron chi connectivity index (χ1n) is 8.02. The maximum Gasteiger partial charge on any atom is 0.183 e. The van der Waals surface area contributed by atoms with Crippen molar-refractivity contribution in [2.45, 2.75) is 0 Å². The Morgan fingerprint density at radius 3 is 2.81 bits per heavy atom. The predicted octanol–water partition coefficient (Wildman–Crippen LogP) is 2.41. The van der Waals surface area contributed by atoms with Crippen molar-refractivity contribution in [1.82, 2.24) is 24.7 Å². The van der Waals surface area contributed by atoms with Gasteiger partial charge < -0.3 is 14.5 Å². The minimum absolute atomic E-state index is 0.237. The fraction of sp³-hybridized carbons (Fsp3) is 0.222. The van der Waals surface area contributed by atoms with E-state index in [1.165, 1.54) is 0 Å². The van der Waals surface area contributed by atoms with E-state index in [1.807, 2.05) is 19.3 Å². The molecule has 8 heteroatoms. The summed E-state index contributed by atoms with van der Waals surface area (Å²) in [6.45, 7) is 0.747. The number of aromatic amines is 1. The van der Waals surface area contributed by atoms with Crippen LogP contribution in [0.5, 0.6) is 5.75 Å². The number of pyridine rings is 2. The summed E-state index contributed by atoms with van der Waals surface area (Å²) in [5.74, 6) is 0.443. The summed E-state index contributed by atoms with van der Waals surface area (Å²) < 4.78 is 12.6. The number of aryl methyl sites for hydroxylation is 1. The van der Waals surface area contributed by atoms with E-state index in [-0.39, 0.29) is 5.69 Å². The van der Waals surface area contributed by atoms with E-state index in [4.69, 9.17) is 9.47 Å². The molecule has 4 heterocycles. The smallest absolute Gasteiger partial charge is 0.183 e. The quantitative estimate of drug-likeness (QED) is 0.556. The van der Waals surface area contributed by atoms with Crippen molar-refractivity contribution in [1.29, 1.82) is 5.26 Å². The van der Waals surface area contributed by atoms with Gasteiger partial charge in [0.25, 0.3) is 0 Å². The third-order valence-corrected chi connectivity index (χ3v) is 4.12. The second-order valence-electron chi connectivity index (χ2n) is 5.83. The van der Waals surface area contributed by atoms with Crippen LogP contribution in [0.4, 0.5) is 0 Å². The molecule has 1 N–H and O–H groups in total. The molecule has 0 atom stereocenters. The lowest BCUT2D eigenvalue weighted by Crippen LogP contribution is -2.06. The van der Waals surface area contributed by atoms with Crippen molar-refractivity contribution in [2.75, 3.05) is 20.3 Å². The number of rotatable bonds is 5. The molecule has 8 nitrogen and oxygen atoms in total. The number of aromatic nitrogens is 5. The standard InChI is InChI=1S/C18H16N6O2/c1-24-10-12(8-22-24)11-5-13-16-15(23-18(13)21-7-11)9-20-14(6-19)17(16)26-4-3-25-2/h5,7-10H,3-4H2,1-2H3,(H,21,23). The van der Waals surface area contributed by atoms with Gasteiger partial charge in [-0.1, -0.05) is 0 Å². The van der Waals surface area contributed by atoms with E-state index in [0.717, 1.165) is 27.4 Å². The molecule has 26 heavy (non-hydrogen) atoms. The molecular formula is C18H16N6O2. The highest BCUT2D eigenvalue weighted by atomic mass is 16.5. The normalized spacial score (nSPS) is 11.1. The average Bonchev–Trinajstić information content (AvgIpc) is 3.24. The second-order valence-corrected chi connectivity index (χ2v) is 5.83. The lowest BCUT2D eigenvalue weighted by atomic mass is 10.1. The number of nitrogens with zero attached hydrogens (tertiary/aromatic N) is 5. The molecular weight excluding hydrogens is 332 g/mol. The van der Waals surface area contributed by atoms with Gasteiger partial charge in [0.2, 0.25) is 0 Å². The van der Waals surface area contributed by atoms with E-state index in [9.17, 15) is 5.26 Å². The zero-order chi connectivity index (χ0) is 18.1. The van der Waals surface area contributed by atoms with Crippen molar-refractivity contribution in [3.8, 4) is 22.9 Å². The lowest BCUT2D eigenvalue weighted by Gasteiger charge is -2.08. The highest BCUT2D eigenvalue weighted by molar-refractivity contribution is 6.10. The number of hydrogen-bond acceptors (Lipinski definition) is 6. The van der Waals surface area contributed by atoms with Crippen LogP contribution in [0, 0.1) is 11.3 Å². The molecule has 0 aliphatic rings. The summed E-state index contributed by atoms with van der Waals surface area (Å²) in [6, 6.07) is 4.11. The first-order valence-corrected chi connectivity index (χ1v) is 8.02. The fourth-order valence-corrected chi connectivity index (χ4v) is 2.91. The molecule has 0 aliphatic heterocycles. The lowest BCUT2D eigenvalue weighted by molar-refractivity contribution is 0.147. The van der Waals surface area contributed by atoms with Gasteiger partial charge in [-0.05, 0) is 6.07 Å². The summed E-state index contributed by atoms with van der Waals surface area (Å²) in [4.78, 5) is 11.9.